The third kappa shape index (κ3) is 3.62. The maximum Gasteiger partial charge on any atom is 0.371 e. The molecule has 0 unspecified atom stereocenters. The van der Waals surface area contributed by atoms with Crippen molar-refractivity contribution in [2.75, 3.05) is 7.11 Å². The Hall–Kier alpha value is -2.75. The molecule has 4 nitrogen and oxygen atoms in total. The summed E-state index contributed by atoms with van der Waals surface area (Å²) in [6.07, 6.45) is 1.47. The second-order valence-corrected chi connectivity index (χ2v) is 4.00. The maximum absolute atomic E-state index is 11.2. The topological polar surface area (TPSA) is 55.8 Å². The van der Waals surface area contributed by atoms with E-state index in [1.54, 1.807) is 55.6 Å². The van der Waals surface area contributed by atoms with E-state index in [1.165, 1.54) is 6.08 Å². The minimum absolute atomic E-state index is 0.138. The van der Waals surface area contributed by atoms with Gasteiger partial charge in [0.05, 0.1) is 7.11 Å². The van der Waals surface area contributed by atoms with Crippen molar-refractivity contribution >= 4 is 12.0 Å². The van der Waals surface area contributed by atoms with Crippen LogP contribution in [-0.2, 0) is 4.79 Å². The Labute approximate surface area is 116 Å². The van der Waals surface area contributed by atoms with E-state index in [4.69, 9.17) is 9.47 Å². The first-order valence-electron chi connectivity index (χ1n) is 6.01. The van der Waals surface area contributed by atoms with Gasteiger partial charge in [-0.3, -0.25) is 0 Å². The van der Waals surface area contributed by atoms with Gasteiger partial charge in [0.25, 0.3) is 0 Å². The minimum Gasteiger partial charge on any atom is -0.497 e. The molecule has 0 aliphatic heterocycles. The van der Waals surface area contributed by atoms with Crippen LogP contribution in [0.4, 0.5) is 0 Å². The third-order valence-electron chi connectivity index (χ3n) is 2.60. The van der Waals surface area contributed by atoms with E-state index < -0.39 is 5.97 Å². The van der Waals surface area contributed by atoms with E-state index >= 15 is 0 Å². The van der Waals surface area contributed by atoms with Crippen molar-refractivity contribution in [1.82, 2.24) is 0 Å². The van der Waals surface area contributed by atoms with Crippen molar-refractivity contribution in [1.29, 1.82) is 0 Å². The predicted molar refractivity (Wildman–Crippen MR) is 75.7 cm³/mol. The number of aliphatic carboxylic acids is 1. The van der Waals surface area contributed by atoms with Crippen molar-refractivity contribution in [3.63, 3.8) is 0 Å². The number of methoxy groups -OCH3 is 1. The zero-order valence-corrected chi connectivity index (χ0v) is 10.9. The summed E-state index contributed by atoms with van der Waals surface area (Å²) >= 11 is 0. The Morgan fingerprint density at radius 3 is 2.20 bits per heavy atom. The highest BCUT2D eigenvalue weighted by Gasteiger charge is 2.10. The molecule has 0 saturated heterocycles. The number of rotatable bonds is 5. The molecule has 102 valence electrons. The number of ether oxygens (including phenoxy) is 2. The van der Waals surface area contributed by atoms with Crippen LogP contribution in [0.2, 0.25) is 0 Å². The normalized spacial score (nSPS) is 10.9. The summed E-state index contributed by atoms with van der Waals surface area (Å²) in [6.45, 7) is 0. The Balaban J connectivity index is 2.23. The molecule has 0 amide bonds. The second kappa shape index (κ2) is 6.43. The van der Waals surface area contributed by atoms with Crippen LogP contribution in [0.15, 0.2) is 60.4 Å². The van der Waals surface area contributed by atoms with Gasteiger partial charge in [0.1, 0.15) is 11.5 Å². The number of carboxylic acid groups (broad SMARTS) is 1. The average Bonchev–Trinajstić information content (AvgIpc) is 2.48. The molecule has 2 rings (SSSR count). The minimum atomic E-state index is -1.12. The zero-order chi connectivity index (χ0) is 14.4. The molecule has 0 radical (unpaired) electrons. The fourth-order valence-electron chi connectivity index (χ4n) is 1.60. The van der Waals surface area contributed by atoms with Gasteiger partial charge in [-0.1, -0.05) is 30.3 Å². The molecule has 0 bridgehead atoms. The molecule has 4 heteroatoms. The summed E-state index contributed by atoms with van der Waals surface area (Å²) in [5.41, 5.74) is 0.721. The van der Waals surface area contributed by atoms with Crippen molar-refractivity contribution in [3.8, 4) is 11.5 Å². The van der Waals surface area contributed by atoms with E-state index in [0.29, 0.717) is 11.5 Å². The van der Waals surface area contributed by atoms with Gasteiger partial charge in [-0.25, -0.2) is 4.79 Å². The summed E-state index contributed by atoms with van der Waals surface area (Å²) in [7, 11) is 1.58. The number of hydrogen-bond donors (Lipinski definition) is 1. The Morgan fingerprint density at radius 2 is 1.65 bits per heavy atom. The molecule has 0 saturated carbocycles. The molecule has 0 aliphatic carbocycles. The first-order chi connectivity index (χ1) is 9.69. The lowest BCUT2D eigenvalue weighted by atomic mass is 10.2. The van der Waals surface area contributed by atoms with Crippen LogP contribution in [0.5, 0.6) is 11.5 Å². The largest absolute Gasteiger partial charge is 0.497 e. The molecule has 0 aromatic heterocycles. The first-order valence-corrected chi connectivity index (χ1v) is 6.01. The van der Waals surface area contributed by atoms with Crippen molar-refractivity contribution < 1.29 is 19.4 Å². The Bertz CT molecular complexity index is 600. The quantitative estimate of drug-likeness (QED) is 0.669. The number of benzene rings is 2. The summed E-state index contributed by atoms with van der Waals surface area (Å²) in [5.74, 6) is -0.0660. The molecular formula is C16H14O4. The standard InChI is InChI=1S/C16H14O4/c1-19-13-9-7-12(8-10-13)11-15(16(17)18)20-14-5-3-2-4-6-14/h2-11H,1H3,(H,17,18)/b15-11+. The van der Waals surface area contributed by atoms with Gasteiger partial charge < -0.3 is 14.6 Å². The molecule has 0 fully saturated rings. The third-order valence-corrected chi connectivity index (χ3v) is 2.60. The summed E-state index contributed by atoms with van der Waals surface area (Å²) in [6, 6.07) is 15.8. The van der Waals surface area contributed by atoms with E-state index in [-0.39, 0.29) is 5.76 Å². The SMILES string of the molecule is COc1ccc(/C=C(/Oc2ccccc2)C(=O)O)cc1. The van der Waals surface area contributed by atoms with Crippen LogP contribution < -0.4 is 9.47 Å². The van der Waals surface area contributed by atoms with Crippen LogP contribution in [0.3, 0.4) is 0 Å². The lowest BCUT2D eigenvalue weighted by molar-refractivity contribution is -0.134. The van der Waals surface area contributed by atoms with Gasteiger partial charge in [-0.05, 0) is 35.9 Å². The fourth-order valence-corrected chi connectivity index (χ4v) is 1.60. The van der Waals surface area contributed by atoms with Crippen molar-refractivity contribution in [2.45, 2.75) is 0 Å². The molecule has 2 aromatic carbocycles. The predicted octanol–water partition coefficient (Wildman–Crippen LogP) is 3.20. The molecule has 0 heterocycles. The Kier molecular flexibility index (Phi) is 4.39. The molecule has 0 aliphatic rings. The highest BCUT2D eigenvalue weighted by Crippen LogP contribution is 2.17. The number of carboxylic acids is 1. The van der Waals surface area contributed by atoms with Crippen molar-refractivity contribution in [3.05, 3.63) is 65.9 Å². The van der Waals surface area contributed by atoms with Gasteiger partial charge in [-0.15, -0.1) is 0 Å². The number of para-hydroxylation sites is 1. The van der Waals surface area contributed by atoms with Crippen LogP contribution >= 0.6 is 0 Å². The maximum atomic E-state index is 11.2. The average molecular weight is 270 g/mol. The molecule has 2 aromatic rings. The van der Waals surface area contributed by atoms with Crippen molar-refractivity contribution in [2.24, 2.45) is 0 Å². The highest BCUT2D eigenvalue weighted by molar-refractivity contribution is 5.90. The van der Waals surface area contributed by atoms with Crippen LogP contribution in [0.1, 0.15) is 5.56 Å². The van der Waals surface area contributed by atoms with E-state index in [9.17, 15) is 9.90 Å². The molecule has 0 spiro atoms. The summed E-state index contributed by atoms with van der Waals surface area (Å²) in [4.78, 5) is 11.2. The molecule has 1 N–H and O–H groups in total. The van der Waals surface area contributed by atoms with Gasteiger partial charge in [-0.2, -0.15) is 0 Å². The Morgan fingerprint density at radius 1 is 1.00 bits per heavy atom. The van der Waals surface area contributed by atoms with Gasteiger partial charge in [0, 0.05) is 0 Å². The number of hydrogen-bond acceptors (Lipinski definition) is 3. The zero-order valence-electron chi connectivity index (χ0n) is 10.9. The van der Waals surface area contributed by atoms with Gasteiger partial charge in [0.15, 0.2) is 0 Å². The summed E-state index contributed by atoms with van der Waals surface area (Å²) in [5, 5.41) is 9.18. The monoisotopic (exact) mass is 270 g/mol. The summed E-state index contributed by atoms with van der Waals surface area (Å²) < 4.78 is 10.4. The molecule has 20 heavy (non-hydrogen) atoms. The van der Waals surface area contributed by atoms with Crippen LogP contribution in [-0.4, -0.2) is 18.2 Å². The fraction of sp³-hybridized carbons (Fsp3) is 0.0625. The smallest absolute Gasteiger partial charge is 0.371 e. The van der Waals surface area contributed by atoms with E-state index in [1.807, 2.05) is 6.07 Å². The highest BCUT2D eigenvalue weighted by atomic mass is 16.5. The number of carbonyl (C=O) groups is 1. The van der Waals surface area contributed by atoms with Gasteiger partial charge in [0.2, 0.25) is 5.76 Å². The van der Waals surface area contributed by atoms with E-state index in [0.717, 1.165) is 5.56 Å². The lowest BCUT2D eigenvalue weighted by Crippen LogP contribution is -2.07. The molecule has 0 atom stereocenters. The van der Waals surface area contributed by atoms with Crippen LogP contribution in [0, 0.1) is 0 Å². The first kappa shape index (κ1) is 13.7. The lowest BCUT2D eigenvalue weighted by Gasteiger charge is -2.06. The second-order valence-electron chi connectivity index (χ2n) is 4.00. The van der Waals surface area contributed by atoms with Crippen LogP contribution in [0.25, 0.3) is 6.08 Å². The van der Waals surface area contributed by atoms with E-state index in [2.05, 4.69) is 0 Å². The molecular weight excluding hydrogens is 256 g/mol. The van der Waals surface area contributed by atoms with Gasteiger partial charge >= 0.3 is 5.97 Å².